The quantitative estimate of drug-likeness (QED) is 0.0241. The number of benzene rings is 8. The van der Waals surface area contributed by atoms with Gasteiger partial charge in [0, 0.05) is 94.9 Å². The predicted molar refractivity (Wildman–Crippen MR) is 556 cm³/mol. The van der Waals surface area contributed by atoms with Crippen LogP contribution in [0.3, 0.4) is 0 Å². The summed E-state index contributed by atoms with van der Waals surface area (Å²) in [4.78, 5) is 4.96. The second-order valence-corrected chi connectivity index (χ2v) is 36.6. The van der Waals surface area contributed by atoms with E-state index >= 15 is 0 Å². The average Bonchev–Trinajstić information content (AvgIpc) is 1.59. The van der Waals surface area contributed by atoms with Crippen molar-refractivity contribution in [2.45, 2.75) is 314 Å². The molecule has 127 heavy (non-hydrogen) atoms. The van der Waals surface area contributed by atoms with Crippen LogP contribution < -0.4 is 9.80 Å². The van der Waals surface area contributed by atoms with Crippen LogP contribution in [0.5, 0.6) is 0 Å². The van der Waals surface area contributed by atoms with E-state index in [9.17, 15) is 25.9 Å². The van der Waals surface area contributed by atoms with Gasteiger partial charge in [-0.25, -0.2) is 0 Å². The third-order valence-electron chi connectivity index (χ3n) is 23.4. The molecule has 700 valence electrons. The van der Waals surface area contributed by atoms with Crippen molar-refractivity contribution < 1.29 is 47.7 Å². The van der Waals surface area contributed by atoms with E-state index in [1.54, 1.807) is 0 Å². The van der Waals surface area contributed by atoms with E-state index in [1.165, 1.54) is 154 Å². The van der Waals surface area contributed by atoms with Crippen LogP contribution in [0.4, 0.5) is 22.7 Å². The fourth-order valence-corrected chi connectivity index (χ4v) is 19.4. The lowest BCUT2D eigenvalue weighted by molar-refractivity contribution is -0.438. The highest BCUT2D eigenvalue weighted by Crippen LogP contribution is 2.54. The molecule has 1 aliphatic carbocycles. The maximum absolute atomic E-state index is 11.6. The van der Waals surface area contributed by atoms with Gasteiger partial charge in [-0.1, -0.05) is 334 Å². The summed E-state index contributed by atoms with van der Waals surface area (Å²) in [7, 11) is -11.2. The Morgan fingerprint density at radius 3 is 1.17 bits per heavy atom. The molecule has 8 aromatic rings. The van der Waals surface area contributed by atoms with E-state index in [-0.39, 0.29) is 46.5 Å². The lowest BCUT2D eigenvalue weighted by Gasteiger charge is -2.28. The third kappa shape index (κ3) is 28.4. The number of fused-ring (bicyclic) bond motifs is 12. The van der Waals surface area contributed by atoms with Crippen LogP contribution in [-0.2, 0) is 52.5 Å². The highest BCUT2D eigenvalue weighted by molar-refractivity contribution is 7.86. The molecule has 4 heterocycles. The van der Waals surface area contributed by atoms with Gasteiger partial charge in [0.1, 0.15) is 13.1 Å². The van der Waals surface area contributed by atoms with E-state index in [2.05, 4.69) is 310 Å². The van der Waals surface area contributed by atoms with E-state index in [0.717, 1.165) is 43.7 Å². The highest BCUT2D eigenvalue weighted by Gasteiger charge is 2.48. The van der Waals surface area contributed by atoms with Crippen molar-refractivity contribution in [1.82, 2.24) is 0 Å². The van der Waals surface area contributed by atoms with Gasteiger partial charge in [0.2, 0.25) is 11.4 Å². The second kappa shape index (κ2) is 54.8. The topological polar surface area (TPSA) is 172 Å². The summed E-state index contributed by atoms with van der Waals surface area (Å²) in [6.07, 6.45) is 30.0. The van der Waals surface area contributed by atoms with E-state index in [0.29, 0.717) is 44.7 Å². The molecule has 0 aromatic heterocycles. The van der Waals surface area contributed by atoms with Crippen LogP contribution in [-0.4, -0.2) is 96.8 Å². The first-order valence-corrected chi connectivity index (χ1v) is 52.0. The number of allylic oxidation sites excluding steroid dienone is 14. The molecule has 0 fully saturated rings. The van der Waals surface area contributed by atoms with Gasteiger partial charge in [-0.2, -0.15) is 26.0 Å². The third-order valence-corrected chi connectivity index (χ3v) is 25.0. The van der Waals surface area contributed by atoms with Crippen molar-refractivity contribution in [3.8, 4) is 0 Å². The van der Waals surface area contributed by atoms with Crippen LogP contribution in [0.1, 0.15) is 314 Å². The predicted octanol–water partition coefficient (Wildman–Crippen LogP) is 31.0. The molecule has 13 rings (SSSR count). The summed E-state index contributed by atoms with van der Waals surface area (Å²) in [5.41, 5.74) is 20.2. The molecular formula is C111H166N4O9S3+2. The van der Waals surface area contributed by atoms with Gasteiger partial charge < -0.3 is 9.80 Å². The minimum atomic E-state index is -4.03. The second-order valence-electron chi connectivity index (χ2n) is 33.1. The van der Waals surface area contributed by atoms with E-state index in [1.807, 2.05) is 111 Å². The minimum absolute atomic E-state index is 0. The Balaban J connectivity index is 0.000000723. The van der Waals surface area contributed by atoms with Crippen LogP contribution >= 0.6 is 0 Å². The number of hydrogen-bond donors (Lipinski definition) is 2. The van der Waals surface area contributed by atoms with Crippen LogP contribution in [0.2, 0.25) is 0 Å². The van der Waals surface area contributed by atoms with Gasteiger partial charge in [0.05, 0.1) is 22.3 Å². The summed E-state index contributed by atoms with van der Waals surface area (Å²) in [6, 6.07) is 52.9. The van der Waals surface area contributed by atoms with Gasteiger partial charge >= 0.3 is 10.6 Å². The molecule has 2 N–H and O–H groups in total. The number of rotatable bonds is 25. The van der Waals surface area contributed by atoms with Gasteiger partial charge in [-0.15, -0.1) is 12.6 Å². The zero-order valence-electron chi connectivity index (χ0n) is 83.1. The van der Waals surface area contributed by atoms with Gasteiger partial charge in [-0.3, -0.25) is 9.11 Å². The Bertz CT molecular complexity index is 5510. The lowest BCUT2D eigenvalue weighted by Crippen LogP contribution is -2.28. The first-order valence-electron chi connectivity index (χ1n) is 47.8. The molecule has 16 heteroatoms. The molecule has 8 aromatic carbocycles. The van der Waals surface area contributed by atoms with Gasteiger partial charge in [-0.05, 0) is 204 Å². The largest absolute Gasteiger partial charge is 0.425 e. The summed E-state index contributed by atoms with van der Waals surface area (Å²) in [5.74, 6) is 0.193. The normalized spacial score (nSPS) is 16.2. The Kier molecular flexibility index (Phi) is 49.3. The maximum atomic E-state index is 11.6. The molecule has 0 atom stereocenters. The molecule has 4 aliphatic heterocycles. The Morgan fingerprint density at radius 1 is 0.425 bits per heavy atom. The number of unbranched alkanes of at least 4 members (excludes halogenated alkanes) is 5. The average molecular weight is 1800 g/mol. The summed E-state index contributed by atoms with van der Waals surface area (Å²) in [5, 5.41) is 10.2. The van der Waals surface area contributed by atoms with Crippen molar-refractivity contribution in [3.63, 3.8) is 0 Å². The fraction of sp³-hybridized carbons (Fsp3) is 0.495. The zero-order chi connectivity index (χ0) is 95.3. The molecular weight excluding hydrogens is 1630 g/mol. The van der Waals surface area contributed by atoms with Crippen molar-refractivity contribution in [3.05, 3.63) is 250 Å². The minimum Gasteiger partial charge on any atom is -0.344 e. The summed E-state index contributed by atoms with van der Waals surface area (Å²) < 4.78 is 95.4. The van der Waals surface area contributed by atoms with Gasteiger partial charge in [0.25, 0.3) is 20.2 Å². The van der Waals surface area contributed by atoms with Crippen LogP contribution in [0.15, 0.2) is 228 Å². The maximum Gasteiger partial charge on any atom is 0.425 e. The molecule has 0 bridgehead atoms. The standard InChI is InChI=1S/C49H58N2O6S2.C45H55N2.8C2H6.CH4.O3S/c1-34(2)45-37(24-28-43-48(3,4)46-39-20-9-7-16-35(39)22-26-41(46)50(43)30-11-13-32-58(52,53)54)18-15-19-38(45)25-29-44-49(5,6)47-40-21-10-8-17-36(40)23-27-42(47)51(44)31-12-14-33-59(55,56)57;1-9-11-17-31-47-39-27-23-35-19-14-16-21-37(35)43(39)45(7,8)41(47)29-25-33(32(3)4)24-28-40-44(5,6)42-36-20-15-13-18-34(36)22-26-38(42)46(40)30-12-10-2;8*1-2;;1-4(2)3/h7-10,16-17,20-29,34H,11-15,18-19,30-33H2,1-6H3,(H-,52,53,54,55,56,57);13-16,18-29,32H,9-12,17,30-31H2,1-8H3;8*1-2H3;1H4;/q;+1;;;;;;;;;;/p+1. The first kappa shape index (κ1) is 114. The number of hydrogen-bond acceptors (Lipinski definition) is 9. The van der Waals surface area contributed by atoms with E-state index < -0.39 is 30.8 Å². The molecule has 0 saturated heterocycles. The summed E-state index contributed by atoms with van der Waals surface area (Å²) >= 11 is 0. The SMILES string of the molecule is C.CC.CC.CC.CC.CC.CC.CC.CC.CC(C)C1=C(/C=C/C2=[N+](CCCCS(=O)(=O)O)c3ccc4ccccc4c3C2(C)C)CCC/C1=C\C=C1\N(CCCCS(=O)(=O)O)c2ccc3ccccc3c2C1(C)C.CCCCC[N+]1=C(/C=C/C(=C/C=C2/N(CCCC)c3ccc4ccccc4c3C2(C)C)C(C)C)C(C)(C)c2c1ccc1ccccc21.O=S(=O)=O. The monoisotopic (exact) mass is 1800 g/mol. The van der Waals surface area contributed by atoms with Crippen molar-refractivity contribution in [2.75, 3.05) is 47.5 Å². The molecule has 0 unspecified atom stereocenters. The lowest BCUT2D eigenvalue weighted by atomic mass is 9.77. The van der Waals surface area contributed by atoms with Crippen molar-refractivity contribution in [1.29, 1.82) is 0 Å². The Hall–Kier alpha value is -8.64. The molecule has 0 spiro atoms. The van der Waals surface area contributed by atoms with Crippen LogP contribution in [0, 0.1) is 11.8 Å². The highest BCUT2D eigenvalue weighted by atomic mass is 32.2. The first-order chi connectivity index (χ1) is 60.2. The van der Waals surface area contributed by atoms with Crippen LogP contribution in [0.25, 0.3) is 43.1 Å². The Morgan fingerprint density at radius 2 is 0.780 bits per heavy atom. The molecule has 5 aliphatic rings. The molecule has 0 amide bonds. The fourth-order valence-electron chi connectivity index (χ4n) is 18.2. The smallest absolute Gasteiger partial charge is 0.344 e. The number of anilines is 2. The zero-order valence-corrected chi connectivity index (χ0v) is 85.6. The molecule has 0 radical (unpaired) electrons. The Labute approximate surface area is 773 Å². The van der Waals surface area contributed by atoms with Gasteiger partial charge in [0.15, 0.2) is 11.4 Å². The summed E-state index contributed by atoms with van der Waals surface area (Å²) in [6.45, 7) is 68.0. The molecule has 0 saturated carbocycles. The van der Waals surface area contributed by atoms with Crippen molar-refractivity contribution in [2.24, 2.45) is 11.8 Å². The number of nitrogens with zero attached hydrogens (tertiary/aromatic N) is 4. The van der Waals surface area contributed by atoms with Crippen molar-refractivity contribution >= 4 is 108 Å². The molecule has 13 nitrogen and oxygen atoms in total. The van der Waals surface area contributed by atoms with E-state index in [4.69, 9.17) is 12.6 Å².